The van der Waals surface area contributed by atoms with Gasteiger partial charge in [-0.25, -0.2) is 10.2 Å². The van der Waals surface area contributed by atoms with Crippen molar-refractivity contribution >= 4 is 34.0 Å². The number of hydrogen-bond acceptors (Lipinski definition) is 4. The number of nitrogens with zero attached hydrogens (tertiary/aromatic N) is 1. The first-order chi connectivity index (χ1) is 17.6. The van der Waals surface area contributed by atoms with Gasteiger partial charge in [0.25, 0.3) is 0 Å². The van der Waals surface area contributed by atoms with E-state index in [-0.39, 0.29) is 17.2 Å². The van der Waals surface area contributed by atoms with Gasteiger partial charge in [-0.1, -0.05) is 94.8 Å². The first-order valence-electron chi connectivity index (χ1n) is 11.6. The maximum Gasteiger partial charge on any atom is 0.343 e. The number of benzene rings is 4. The first-order valence-corrected chi connectivity index (χ1v) is 12.4. The van der Waals surface area contributed by atoms with Crippen LogP contribution in [0.3, 0.4) is 0 Å². The van der Waals surface area contributed by atoms with Gasteiger partial charge in [-0.2, -0.15) is 5.10 Å². The number of amides is 1. The molecule has 1 unspecified atom stereocenters. The third-order valence-corrected chi connectivity index (χ3v) is 6.87. The minimum Gasteiger partial charge on any atom is -0.423 e. The molecule has 1 atom stereocenters. The summed E-state index contributed by atoms with van der Waals surface area (Å²) in [7, 11) is 0. The number of esters is 1. The van der Waals surface area contributed by atoms with Gasteiger partial charge in [0, 0.05) is 9.89 Å². The van der Waals surface area contributed by atoms with Crippen molar-refractivity contribution in [3.05, 3.63) is 136 Å². The van der Waals surface area contributed by atoms with Gasteiger partial charge in [0.05, 0.1) is 17.7 Å². The van der Waals surface area contributed by atoms with E-state index in [2.05, 4.69) is 50.7 Å². The molecular weight excluding hydrogens is 516 g/mol. The molecule has 1 N–H and O–H groups in total. The second-order valence-electron chi connectivity index (χ2n) is 8.67. The summed E-state index contributed by atoms with van der Waals surface area (Å²) in [6, 6.07) is 34.3. The van der Waals surface area contributed by atoms with Crippen molar-refractivity contribution in [2.45, 2.75) is 11.8 Å². The molecule has 4 aromatic carbocycles. The van der Waals surface area contributed by atoms with Gasteiger partial charge in [0.2, 0.25) is 5.91 Å². The van der Waals surface area contributed by atoms with Gasteiger partial charge in [0.1, 0.15) is 5.75 Å². The zero-order chi connectivity index (χ0) is 25.0. The number of carbonyl (C=O) groups excluding carboxylic acids is 2. The fraction of sp³-hybridized carbons (Fsp3) is 0.100. The Morgan fingerprint density at radius 2 is 1.53 bits per heavy atom. The van der Waals surface area contributed by atoms with E-state index >= 15 is 0 Å². The Kier molecular flexibility index (Phi) is 6.78. The van der Waals surface area contributed by atoms with Gasteiger partial charge in [-0.05, 0) is 53.4 Å². The molecule has 178 valence electrons. The summed E-state index contributed by atoms with van der Waals surface area (Å²) < 4.78 is 6.29. The lowest BCUT2D eigenvalue weighted by Crippen LogP contribution is -2.25. The molecule has 5 rings (SSSR count). The van der Waals surface area contributed by atoms with Crippen LogP contribution in [0.25, 0.3) is 0 Å². The SMILES string of the molecule is O=C(Oc1cccc(/C=N/NC(=O)C2CC2(c2ccccc2)c2ccccc2)c1)c1cccc(Br)c1. The van der Waals surface area contributed by atoms with Crippen molar-refractivity contribution in [2.24, 2.45) is 11.0 Å². The second-order valence-corrected chi connectivity index (χ2v) is 9.58. The number of rotatable bonds is 7. The molecule has 1 amide bonds. The second kappa shape index (κ2) is 10.3. The molecule has 5 nitrogen and oxygen atoms in total. The van der Waals surface area contributed by atoms with Crippen LogP contribution in [-0.2, 0) is 10.2 Å². The van der Waals surface area contributed by atoms with E-state index in [1.165, 1.54) is 0 Å². The van der Waals surface area contributed by atoms with E-state index in [9.17, 15) is 9.59 Å². The number of ether oxygens (including phenoxy) is 1. The Bertz CT molecular complexity index is 1380. The molecule has 1 aliphatic rings. The van der Waals surface area contributed by atoms with Crippen LogP contribution in [0.5, 0.6) is 5.75 Å². The summed E-state index contributed by atoms with van der Waals surface area (Å²) in [4.78, 5) is 25.5. The Morgan fingerprint density at radius 1 is 0.861 bits per heavy atom. The predicted molar refractivity (Wildman–Crippen MR) is 143 cm³/mol. The zero-order valence-corrected chi connectivity index (χ0v) is 20.9. The lowest BCUT2D eigenvalue weighted by molar-refractivity contribution is -0.122. The van der Waals surface area contributed by atoms with Crippen LogP contribution in [0.4, 0.5) is 0 Å². The van der Waals surface area contributed by atoms with Crippen molar-refractivity contribution in [1.82, 2.24) is 5.43 Å². The van der Waals surface area contributed by atoms with E-state index < -0.39 is 5.97 Å². The van der Waals surface area contributed by atoms with Crippen LogP contribution in [0.15, 0.2) is 119 Å². The molecule has 0 aliphatic heterocycles. The van der Waals surface area contributed by atoms with Crippen molar-refractivity contribution < 1.29 is 14.3 Å². The number of hydrazone groups is 1. The summed E-state index contributed by atoms with van der Waals surface area (Å²) in [6.07, 6.45) is 2.27. The topological polar surface area (TPSA) is 67.8 Å². The molecule has 6 heteroatoms. The van der Waals surface area contributed by atoms with E-state index in [0.29, 0.717) is 16.9 Å². The molecule has 0 heterocycles. The van der Waals surface area contributed by atoms with Gasteiger partial charge in [0.15, 0.2) is 0 Å². The highest BCUT2D eigenvalue weighted by Crippen LogP contribution is 2.58. The molecular formula is C30H23BrN2O3. The van der Waals surface area contributed by atoms with Crippen LogP contribution in [0.2, 0.25) is 0 Å². The molecule has 0 saturated heterocycles. The Hall–Kier alpha value is -4.03. The molecule has 1 fully saturated rings. The quantitative estimate of drug-likeness (QED) is 0.133. The fourth-order valence-electron chi connectivity index (χ4n) is 4.54. The summed E-state index contributed by atoms with van der Waals surface area (Å²) in [6.45, 7) is 0. The monoisotopic (exact) mass is 538 g/mol. The Labute approximate surface area is 218 Å². The Balaban J connectivity index is 1.26. The summed E-state index contributed by atoms with van der Waals surface area (Å²) in [5.74, 6) is -0.400. The Morgan fingerprint density at radius 3 is 2.19 bits per heavy atom. The number of halogens is 1. The highest BCUT2D eigenvalue weighted by Gasteiger charge is 2.60. The standard InChI is InChI=1S/C30H23BrN2O3/c31-25-15-8-10-22(18-25)29(35)36-26-16-7-9-21(17-26)20-32-33-28(34)27-19-30(27,23-11-3-1-4-12-23)24-13-5-2-6-14-24/h1-18,20,27H,19H2,(H,33,34)/b32-20+. The normalized spacial score (nSPS) is 15.9. The minimum absolute atomic E-state index is 0.129. The molecule has 1 saturated carbocycles. The van der Waals surface area contributed by atoms with Crippen LogP contribution >= 0.6 is 15.9 Å². The van der Waals surface area contributed by atoms with Crippen LogP contribution in [0, 0.1) is 5.92 Å². The average Bonchev–Trinajstić information content (AvgIpc) is 3.67. The molecule has 0 spiro atoms. The van der Waals surface area contributed by atoms with Crippen LogP contribution < -0.4 is 10.2 Å². The molecule has 4 aromatic rings. The van der Waals surface area contributed by atoms with Crippen LogP contribution in [-0.4, -0.2) is 18.1 Å². The van der Waals surface area contributed by atoms with Crippen molar-refractivity contribution in [3.63, 3.8) is 0 Å². The van der Waals surface area contributed by atoms with Crippen molar-refractivity contribution in [2.75, 3.05) is 0 Å². The predicted octanol–water partition coefficient (Wildman–Crippen LogP) is 6.12. The van der Waals surface area contributed by atoms with Gasteiger partial charge in [-0.15, -0.1) is 0 Å². The molecule has 0 bridgehead atoms. The summed E-state index contributed by atoms with van der Waals surface area (Å²) in [5, 5.41) is 4.17. The minimum atomic E-state index is -0.453. The highest BCUT2D eigenvalue weighted by atomic mass is 79.9. The average molecular weight is 539 g/mol. The van der Waals surface area contributed by atoms with Gasteiger partial charge >= 0.3 is 5.97 Å². The lowest BCUT2D eigenvalue weighted by atomic mass is 9.85. The molecule has 36 heavy (non-hydrogen) atoms. The van der Waals surface area contributed by atoms with E-state index in [0.717, 1.165) is 22.0 Å². The summed E-state index contributed by atoms with van der Waals surface area (Å²) >= 11 is 3.36. The third kappa shape index (κ3) is 4.99. The number of nitrogens with one attached hydrogen (secondary N) is 1. The maximum absolute atomic E-state index is 13.1. The third-order valence-electron chi connectivity index (χ3n) is 6.37. The van der Waals surface area contributed by atoms with Gasteiger partial charge in [-0.3, -0.25) is 4.79 Å². The zero-order valence-electron chi connectivity index (χ0n) is 19.3. The number of hydrogen-bond donors (Lipinski definition) is 1. The van der Waals surface area contributed by atoms with Crippen molar-refractivity contribution in [3.8, 4) is 5.75 Å². The van der Waals surface area contributed by atoms with Crippen molar-refractivity contribution in [1.29, 1.82) is 0 Å². The fourth-order valence-corrected chi connectivity index (χ4v) is 4.94. The maximum atomic E-state index is 13.1. The smallest absolute Gasteiger partial charge is 0.343 e. The highest BCUT2D eigenvalue weighted by molar-refractivity contribution is 9.10. The van der Waals surface area contributed by atoms with E-state index in [1.807, 2.05) is 48.5 Å². The van der Waals surface area contributed by atoms with Crippen LogP contribution in [0.1, 0.15) is 33.5 Å². The lowest BCUT2D eigenvalue weighted by Gasteiger charge is -2.18. The van der Waals surface area contributed by atoms with Gasteiger partial charge < -0.3 is 4.74 Å². The molecule has 0 radical (unpaired) electrons. The summed E-state index contributed by atoms with van der Waals surface area (Å²) in [5.41, 5.74) is 5.75. The molecule has 1 aliphatic carbocycles. The van der Waals surface area contributed by atoms with E-state index in [4.69, 9.17) is 4.74 Å². The van der Waals surface area contributed by atoms with E-state index in [1.54, 1.807) is 42.6 Å². The first kappa shape index (κ1) is 23.7. The molecule has 0 aromatic heterocycles. The number of carbonyl (C=O) groups is 2. The largest absolute Gasteiger partial charge is 0.423 e.